The molecule has 0 saturated carbocycles. The SMILES string of the molecule is NS(=O)(=O)c1ccc(CCNCc2cc(Cl)ccc2OCc2ccccc2)cc1.[Cl-]. The number of nitrogens with one attached hydrogen (secondary N) is 1. The molecule has 0 heterocycles. The van der Waals surface area contributed by atoms with Crippen molar-refractivity contribution in [1.29, 1.82) is 0 Å². The van der Waals surface area contributed by atoms with E-state index in [1.54, 1.807) is 12.1 Å². The summed E-state index contributed by atoms with van der Waals surface area (Å²) in [6, 6.07) is 22.2. The fourth-order valence-corrected chi connectivity index (χ4v) is 3.57. The summed E-state index contributed by atoms with van der Waals surface area (Å²) >= 11 is 6.15. The molecule has 0 aromatic heterocycles. The molecule has 0 atom stereocenters. The monoisotopic (exact) mass is 465 g/mol. The first-order valence-electron chi connectivity index (χ1n) is 9.19. The molecule has 0 spiro atoms. The highest BCUT2D eigenvalue weighted by Crippen LogP contribution is 2.24. The number of rotatable bonds is 9. The smallest absolute Gasteiger partial charge is 0.238 e. The van der Waals surface area contributed by atoms with Crippen LogP contribution in [0, 0.1) is 0 Å². The summed E-state index contributed by atoms with van der Waals surface area (Å²) in [6.45, 7) is 1.82. The molecule has 8 heteroatoms. The van der Waals surface area contributed by atoms with Gasteiger partial charge in [-0.3, -0.25) is 0 Å². The summed E-state index contributed by atoms with van der Waals surface area (Å²) in [5, 5.41) is 9.16. The van der Waals surface area contributed by atoms with E-state index >= 15 is 0 Å². The van der Waals surface area contributed by atoms with Crippen molar-refractivity contribution in [2.24, 2.45) is 5.14 Å². The van der Waals surface area contributed by atoms with Gasteiger partial charge in [-0.15, -0.1) is 0 Å². The van der Waals surface area contributed by atoms with Crippen LogP contribution in [0.5, 0.6) is 5.75 Å². The Morgan fingerprint density at radius 2 is 1.63 bits per heavy atom. The summed E-state index contributed by atoms with van der Waals surface area (Å²) in [7, 11) is -3.66. The first kappa shape index (κ1) is 24.2. The minimum atomic E-state index is -3.66. The Balaban J connectivity index is 0.00000320. The van der Waals surface area contributed by atoms with E-state index in [0.29, 0.717) is 18.2 Å². The summed E-state index contributed by atoms with van der Waals surface area (Å²) in [4.78, 5) is 0.119. The number of nitrogens with two attached hydrogens (primary N) is 1. The van der Waals surface area contributed by atoms with Crippen molar-refractivity contribution in [1.82, 2.24) is 5.32 Å². The first-order valence-corrected chi connectivity index (χ1v) is 11.1. The van der Waals surface area contributed by atoms with Gasteiger partial charge >= 0.3 is 0 Å². The predicted molar refractivity (Wildman–Crippen MR) is 115 cm³/mol. The standard InChI is InChI=1S/C22H23ClN2O3S.ClH/c23-20-8-11-22(28-16-18-4-2-1-3-5-18)19(14-20)15-25-13-12-17-6-9-21(10-7-17)29(24,26)27;/h1-11,14,25H,12-13,15-16H2,(H2,24,26,27);1H/p-1. The Labute approximate surface area is 188 Å². The van der Waals surface area contributed by atoms with E-state index in [2.05, 4.69) is 5.32 Å². The molecule has 0 aliphatic rings. The fourth-order valence-electron chi connectivity index (χ4n) is 2.86. The molecule has 3 N–H and O–H groups in total. The van der Waals surface area contributed by atoms with Gasteiger partial charge < -0.3 is 22.5 Å². The second kappa shape index (κ2) is 11.3. The number of primary sulfonamides is 1. The molecule has 0 amide bonds. The average molecular weight is 466 g/mol. The van der Waals surface area contributed by atoms with Crippen molar-refractivity contribution in [3.05, 3.63) is 94.5 Å². The molecule has 0 unspecified atom stereocenters. The minimum absolute atomic E-state index is 0. The van der Waals surface area contributed by atoms with Crippen LogP contribution in [0.1, 0.15) is 16.7 Å². The van der Waals surface area contributed by atoms with Crippen LogP contribution in [-0.2, 0) is 29.6 Å². The number of sulfonamides is 1. The van der Waals surface area contributed by atoms with Crippen LogP contribution < -0.4 is 27.6 Å². The maximum Gasteiger partial charge on any atom is 0.238 e. The molecule has 3 aromatic carbocycles. The molecular weight excluding hydrogens is 443 g/mol. The minimum Gasteiger partial charge on any atom is -1.00 e. The zero-order valence-electron chi connectivity index (χ0n) is 16.2. The van der Waals surface area contributed by atoms with Gasteiger partial charge in [0.25, 0.3) is 0 Å². The molecule has 3 aromatic rings. The lowest BCUT2D eigenvalue weighted by atomic mass is 10.1. The quantitative estimate of drug-likeness (QED) is 0.460. The third kappa shape index (κ3) is 7.31. The van der Waals surface area contributed by atoms with Gasteiger partial charge in [0.2, 0.25) is 10.0 Å². The van der Waals surface area contributed by atoms with Crippen LogP contribution in [0.4, 0.5) is 0 Å². The van der Waals surface area contributed by atoms with Crippen LogP contribution >= 0.6 is 11.6 Å². The van der Waals surface area contributed by atoms with E-state index in [4.69, 9.17) is 21.5 Å². The highest BCUT2D eigenvalue weighted by molar-refractivity contribution is 7.89. The molecule has 0 aliphatic heterocycles. The predicted octanol–water partition coefficient (Wildman–Crippen LogP) is 0.903. The largest absolute Gasteiger partial charge is 1.00 e. The number of hydrogen-bond donors (Lipinski definition) is 2. The summed E-state index contributed by atoms with van der Waals surface area (Å²) < 4.78 is 28.6. The lowest BCUT2D eigenvalue weighted by Gasteiger charge is -2.13. The van der Waals surface area contributed by atoms with E-state index in [0.717, 1.165) is 35.4 Å². The Bertz CT molecular complexity index is 1040. The molecule has 5 nitrogen and oxygen atoms in total. The summed E-state index contributed by atoms with van der Waals surface area (Å²) in [5.41, 5.74) is 3.11. The van der Waals surface area contributed by atoms with Gasteiger partial charge in [0, 0.05) is 17.1 Å². The van der Waals surface area contributed by atoms with Crippen LogP contribution in [-0.4, -0.2) is 15.0 Å². The van der Waals surface area contributed by atoms with Crippen LogP contribution in [0.25, 0.3) is 0 Å². The molecule has 0 saturated heterocycles. The van der Waals surface area contributed by atoms with Crippen molar-refractivity contribution in [2.75, 3.05) is 6.54 Å². The maximum atomic E-state index is 11.3. The van der Waals surface area contributed by atoms with Crippen molar-refractivity contribution < 1.29 is 25.6 Å². The highest BCUT2D eigenvalue weighted by atomic mass is 35.5. The van der Waals surface area contributed by atoms with Gasteiger partial charge in [-0.25, -0.2) is 13.6 Å². The Morgan fingerprint density at radius 1 is 0.933 bits per heavy atom. The Hall–Kier alpha value is -2.09. The first-order chi connectivity index (χ1) is 13.9. The normalized spacial score (nSPS) is 11.0. The Kier molecular flexibility index (Phi) is 9.14. The fraction of sp³-hybridized carbons (Fsp3) is 0.182. The van der Waals surface area contributed by atoms with Crippen molar-refractivity contribution in [3.8, 4) is 5.75 Å². The summed E-state index contributed by atoms with van der Waals surface area (Å²) in [5.74, 6) is 0.795. The molecule has 3 rings (SSSR count). The second-order valence-corrected chi connectivity index (χ2v) is 8.64. The van der Waals surface area contributed by atoms with Gasteiger partial charge in [0.1, 0.15) is 12.4 Å². The van der Waals surface area contributed by atoms with Crippen LogP contribution in [0.3, 0.4) is 0 Å². The maximum absolute atomic E-state index is 11.3. The number of benzene rings is 3. The van der Waals surface area contributed by atoms with Crippen molar-refractivity contribution in [2.45, 2.75) is 24.5 Å². The second-order valence-electron chi connectivity index (χ2n) is 6.64. The third-order valence-corrected chi connectivity index (χ3v) is 5.58. The number of halogens is 2. The van der Waals surface area contributed by atoms with E-state index in [-0.39, 0.29) is 17.3 Å². The average Bonchev–Trinajstić information content (AvgIpc) is 2.71. The van der Waals surface area contributed by atoms with E-state index in [9.17, 15) is 8.42 Å². The summed E-state index contributed by atoms with van der Waals surface area (Å²) in [6.07, 6.45) is 0.756. The molecule has 0 bridgehead atoms. The van der Waals surface area contributed by atoms with Crippen molar-refractivity contribution >= 4 is 21.6 Å². The molecule has 0 fully saturated rings. The van der Waals surface area contributed by atoms with E-state index in [1.165, 1.54) is 12.1 Å². The van der Waals surface area contributed by atoms with Crippen LogP contribution in [0.15, 0.2) is 77.7 Å². The lowest BCUT2D eigenvalue weighted by molar-refractivity contribution is -0.00000873. The Morgan fingerprint density at radius 3 is 2.30 bits per heavy atom. The van der Waals surface area contributed by atoms with E-state index in [1.807, 2.05) is 48.5 Å². The van der Waals surface area contributed by atoms with Gasteiger partial charge in [-0.2, -0.15) is 0 Å². The topological polar surface area (TPSA) is 81.4 Å². The van der Waals surface area contributed by atoms with Gasteiger partial charge in [0.15, 0.2) is 0 Å². The van der Waals surface area contributed by atoms with Crippen LogP contribution in [0.2, 0.25) is 5.02 Å². The zero-order valence-corrected chi connectivity index (χ0v) is 18.6. The molecule has 30 heavy (non-hydrogen) atoms. The number of ether oxygens (including phenoxy) is 1. The lowest BCUT2D eigenvalue weighted by Crippen LogP contribution is -3.00. The number of hydrogen-bond acceptors (Lipinski definition) is 4. The van der Waals surface area contributed by atoms with Gasteiger partial charge in [-0.1, -0.05) is 54.1 Å². The highest BCUT2D eigenvalue weighted by Gasteiger charge is 2.08. The molecule has 160 valence electrons. The van der Waals surface area contributed by atoms with Gasteiger partial charge in [0.05, 0.1) is 4.90 Å². The van der Waals surface area contributed by atoms with Gasteiger partial charge in [-0.05, 0) is 54.4 Å². The van der Waals surface area contributed by atoms with E-state index < -0.39 is 10.0 Å². The third-order valence-electron chi connectivity index (χ3n) is 4.42. The zero-order chi connectivity index (χ0) is 20.7. The molecular formula is C22H23Cl2N2O3S-. The molecule has 0 radical (unpaired) electrons. The van der Waals surface area contributed by atoms with Crippen molar-refractivity contribution in [3.63, 3.8) is 0 Å². The molecule has 0 aliphatic carbocycles.